The van der Waals surface area contributed by atoms with Gasteiger partial charge in [0.25, 0.3) is 0 Å². The van der Waals surface area contributed by atoms with E-state index < -0.39 is 5.92 Å². The fraction of sp³-hybridized carbons (Fsp3) is 0.385. The lowest BCUT2D eigenvalue weighted by Crippen LogP contribution is -2.30. The van der Waals surface area contributed by atoms with Crippen molar-refractivity contribution < 1.29 is 14.3 Å². The number of carbonyl (C=O) groups excluding carboxylic acids is 2. The molecule has 0 bridgehead atoms. The van der Waals surface area contributed by atoms with Crippen LogP contribution in [0.25, 0.3) is 0 Å². The van der Waals surface area contributed by atoms with Crippen molar-refractivity contribution in [2.24, 2.45) is 5.92 Å². The molecule has 0 radical (unpaired) electrons. The van der Waals surface area contributed by atoms with Gasteiger partial charge in [-0.2, -0.15) is 0 Å². The Hall–Kier alpha value is -1.64. The highest BCUT2D eigenvalue weighted by molar-refractivity contribution is 6.10. The third-order valence-corrected chi connectivity index (χ3v) is 2.87. The summed E-state index contributed by atoms with van der Waals surface area (Å²) in [5.74, 6) is -1.09. The van der Waals surface area contributed by atoms with E-state index in [4.69, 9.17) is 4.74 Å². The number of benzene rings is 1. The standard InChI is InChI=1S/C13H14O3/c1-2-16-13(15)11-8-7-9-5-3-4-6-10(9)12(11)14/h3-6,11H,2,7-8H2,1H3/t11-/m0/s1. The van der Waals surface area contributed by atoms with Gasteiger partial charge in [-0.25, -0.2) is 0 Å². The van der Waals surface area contributed by atoms with Crippen molar-refractivity contribution >= 4 is 11.8 Å². The van der Waals surface area contributed by atoms with Gasteiger partial charge in [0.05, 0.1) is 6.61 Å². The van der Waals surface area contributed by atoms with Crippen LogP contribution in [0.1, 0.15) is 29.3 Å². The van der Waals surface area contributed by atoms with Gasteiger partial charge in [-0.05, 0) is 25.3 Å². The first-order valence-corrected chi connectivity index (χ1v) is 5.52. The van der Waals surface area contributed by atoms with Crippen LogP contribution in [0.5, 0.6) is 0 Å². The normalized spacial score (nSPS) is 19.1. The van der Waals surface area contributed by atoms with Crippen molar-refractivity contribution in [1.29, 1.82) is 0 Å². The summed E-state index contributed by atoms with van der Waals surface area (Å²) in [4.78, 5) is 23.6. The van der Waals surface area contributed by atoms with Gasteiger partial charge in [0, 0.05) is 5.56 Å². The number of hydrogen-bond donors (Lipinski definition) is 0. The van der Waals surface area contributed by atoms with E-state index in [9.17, 15) is 9.59 Å². The molecular weight excluding hydrogens is 204 g/mol. The second-order valence-corrected chi connectivity index (χ2v) is 3.86. The highest BCUT2D eigenvalue weighted by Crippen LogP contribution is 2.26. The van der Waals surface area contributed by atoms with Crippen LogP contribution in [0.2, 0.25) is 0 Å². The molecule has 1 aromatic carbocycles. The summed E-state index contributed by atoms with van der Waals surface area (Å²) in [6.07, 6.45) is 1.33. The average Bonchev–Trinajstić information content (AvgIpc) is 2.30. The molecule has 3 heteroatoms. The zero-order valence-electron chi connectivity index (χ0n) is 9.23. The Labute approximate surface area is 94.4 Å². The van der Waals surface area contributed by atoms with Gasteiger partial charge >= 0.3 is 5.97 Å². The summed E-state index contributed by atoms with van der Waals surface area (Å²) in [7, 11) is 0. The number of rotatable bonds is 2. The van der Waals surface area contributed by atoms with Crippen molar-refractivity contribution in [3.8, 4) is 0 Å². The zero-order chi connectivity index (χ0) is 11.5. The summed E-state index contributed by atoms with van der Waals surface area (Å²) >= 11 is 0. The molecule has 1 aliphatic carbocycles. The molecule has 1 aromatic rings. The molecule has 0 unspecified atom stereocenters. The van der Waals surface area contributed by atoms with Gasteiger partial charge in [-0.15, -0.1) is 0 Å². The van der Waals surface area contributed by atoms with Crippen LogP contribution >= 0.6 is 0 Å². The fourth-order valence-electron chi connectivity index (χ4n) is 2.07. The van der Waals surface area contributed by atoms with Gasteiger partial charge in [0.2, 0.25) is 0 Å². The Balaban J connectivity index is 2.24. The lowest BCUT2D eigenvalue weighted by Gasteiger charge is -2.21. The van der Waals surface area contributed by atoms with Gasteiger partial charge in [-0.1, -0.05) is 24.3 Å². The molecule has 0 spiro atoms. The zero-order valence-corrected chi connectivity index (χ0v) is 9.23. The number of Topliss-reactive ketones (excluding diaryl/α,β-unsaturated/α-hetero) is 1. The molecule has 16 heavy (non-hydrogen) atoms. The van der Waals surface area contributed by atoms with E-state index in [0.29, 0.717) is 18.6 Å². The van der Waals surface area contributed by atoms with E-state index in [1.165, 1.54) is 0 Å². The lowest BCUT2D eigenvalue weighted by molar-refractivity contribution is -0.146. The van der Waals surface area contributed by atoms with Gasteiger partial charge in [0.15, 0.2) is 5.78 Å². The number of aryl methyl sites for hydroxylation is 1. The number of hydrogen-bond acceptors (Lipinski definition) is 3. The summed E-state index contributed by atoms with van der Waals surface area (Å²) < 4.78 is 4.91. The van der Waals surface area contributed by atoms with Crippen molar-refractivity contribution in [1.82, 2.24) is 0 Å². The van der Waals surface area contributed by atoms with E-state index in [1.54, 1.807) is 13.0 Å². The van der Waals surface area contributed by atoms with Crippen LogP contribution in [-0.4, -0.2) is 18.4 Å². The Morgan fingerprint density at radius 1 is 1.44 bits per heavy atom. The first-order valence-electron chi connectivity index (χ1n) is 5.52. The van der Waals surface area contributed by atoms with Gasteiger partial charge in [-0.3, -0.25) is 9.59 Å². The van der Waals surface area contributed by atoms with Crippen LogP contribution in [-0.2, 0) is 16.0 Å². The maximum atomic E-state index is 12.0. The summed E-state index contributed by atoms with van der Waals surface area (Å²) in [6, 6.07) is 7.46. The Bertz CT molecular complexity index is 423. The second-order valence-electron chi connectivity index (χ2n) is 3.86. The van der Waals surface area contributed by atoms with Crippen LogP contribution in [0, 0.1) is 5.92 Å². The third kappa shape index (κ3) is 1.85. The van der Waals surface area contributed by atoms with Crippen molar-refractivity contribution in [2.45, 2.75) is 19.8 Å². The van der Waals surface area contributed by atoms with E-state index in [0.717, 1.165) is 12.0 Å². The molecule has 3 nitrogen and oxygen atoms in total. The molecular formula is C13H14O3. The minimum Gasteiger partial charge on any atom is -0.465 e. The van der Waals surface area contributed by atoms with Crippen molar-refractivity contribution in [2.75, 3.05) is 6.61 Å². The van der Waals surface area contributed by atoms with Crippen molar-refractivity contribution in [3.63, 3.8) is 0 Å². The first kappa shape index (κ1) is 10.9. The first-order chi connectivity index (χ1) is 7.74. The molecule has 0 N–H and O–H groups in total. The number of carbonyl (C=O) groups is 2. The minimum atomic E-state index is -0.602. The molecule has 1 atom stereocenters. The summed E-state index contributed by atoms with van der Waals surface area (Å²) in [5.41, 5.74) is 1.71. The number of ketones is 1. The molecule has 84 valence electrons. The molecule has 0 saturated carbocycles. The van der Waals surface area contributed by atoms with Crippen LogP contribution in [0.15, 0.2) is 24.3 Å². The largest absolute Gasteiger partial charge is 0.465 e. The molecule has 0 aromatic heterocycles. The Morgan fingerprint density at radius 3 is 2.94 bits per heavy atom. The lowest BCUT2D eigenvalue weighted by atomic mass is 9.83. The van der Waals surface area contributed by atoms with Gasteiger partial charge < -0.3 is 4.74 Å². The highest BCUT2D eigenvalue weighted by Gasteiger charge is 2.33. The molecule has 0 aliphatic heterocycles. The van der Waals surface area contributed by atoms with Crippen LogP contribution in [0.3, 0.4) is 0 Å². The molecule has 1 aliphatic rings. The maximum Gasteiger partial charge on any atom is 0.316 e. The molecule has 0 amide bonds. The third-order valence-electron chi connectivity index (χ3n) is 2.87. The van der Waals surface area contributed by atoms with Gasteiger partial charge in [0.1, 0.15) is 5.92 Å². The minimum absolute atomic E-state index is 0.0969. The molecule has 0 heterocycles. The SMILES string of the molecule is CCOC(=O)[C@H]1CCc2ccccc2C1=O. The Kier molecular flexibility index (Phi) is 3.04. The van der Waals surface area contributed by atoms with Crippen LogP contribution in [0.4, 0.5) is 0 Å². The number of ether oxygens (including phenoxy) is 1. The highest BCUT2D eigenvalue weighted by atomic mass is 16.5. The van der Waals surface area contributed by atoms with E-state index >= 15 is 0 Å². The summed E-state index contributed by atoms with van der Waals surface area (Å²) in [6.45, 7) is 2.07. The quantitative estimate of drug-likeness (QED) is 0.563. The van der Waals surface area contributed by atoms with Crippen molar-refractivity contribution in [3.05, 3.63) is 35.4 Å². The van der Waals surface area contributed by atoms with E-state index in [-0.39, 0.29) is 11.8 Å². The second kappa shape index (κ2) is 4.47. The molecule has 0 fully saturated rings. The Morgan fingerprint density at radius 2 is 2.19 bits per heavy atom. The average molecular weight is 218 g/mol. The predicted molar refractivity (Wildman–Crippen MR) is 59.2 cm³/mol. The fourth-order valence-corrected chi connectivity index (χ4v) is 2.07. The molecule has 2 rings (SSSR count). The van der Waals surface area contributed by atoms with Crippen LogP contribution < -0.4 is 0 Å². The maximum absolute atomic E-state index is 12.0. The van der Waals surface area contributed by atoms with E-state index in [1.807, 2.05) is 18.2 Å². The number of fused-ring (bicyclic) bond motifs is 1. The summed E-state index contributed by atoms with van der Waals surface area (Å²) in [5, 5.41) is 0. The number of esters is 1. The topological polar surface area (TPSA) is 43.4 Å². The smallest absolute Gasteiger partial charge is 0.316 e. The monoisotopic (exact) mass is 218 g/mol. The van der Waals surface area contributed by atoms with E-state index in [2.05, 4.69) is 0 Å². The predicted octanol–water partition coefficient (Wildman–Crippen LogP) is 1.99. The molecule has 0 saturated heterocycles.